The predicted octanol–water partition coefficient (Wildman–Crippen LogP) is 3.14. The second-order valence-corrected chi connectivity index (χ2v) is 5.50. The summed E-state index contributed by atoms with van der Waals surface area (Å²) in [4.78, 5) is 9.59. The van der Waals surface area contributed by atoms with E-state index in [2.05, 4.69) is 16.9 Å². The first-order chi connectivity index (χ1) is 9.91. The van der Waals surface area contributed by atoms with Gasteiger partial charge in [0, 0.05) is 25.9 Å². The largest absolute Gasteiger partial charge is 0.433 e. The molecular weight excluding hydrogens is 283 g/mol. The van der Waals surface area contributed by atoms with Crippen LogP contribution in [0.15, 0.2) is 12.3 Å². The summed E-state index contributed by atoms with van der Waals surface area (Å²) in [6.45, 7) is 3.08. The van der Waals surface area contributed by atoms with Gasteiger partial charge in [0.25, 0.3) is 0 Å². The van der Waals surface area contributed by atoms with Crippen LogP contribution in [0.3, 0.4) is 0 Å². The molecule has 1 aromatic rings. The number of methoxy groups -OCH3 is 1. The second-order valence-electron chi connectivity index (χ2n) is 5.50. The lowest BCUT2D eigenvalue weighted by molar-refractivity contribution is -0.141. The molecular formula is C14H20F3N3O. The van der Waals surface area contributed by atoms with Crippen molar-refractivity contribution in [1.29, 1.82) is 0 Å². The van der Waals surface area contributed by atoms with Crippen LogP contribution in [-0.4, -0.2) is 36.3 Å². The molecule has 0 radical (unpaired) electrons. The molecule has 1 saturated carbocycles. The molecule has 2 unspecified atom stereocenters. The Bertz CT molecular complexity index is 467. The number of anilines is 1. The number of halogens is 3. The lowest BCUT2D eigenvalue weighted by Crippen LogP contribution is -2.38. The molecule has 118 valence electrons. The first kappa shape index (κ1) is 16.0. The van der Waals surface area contributed by atoms with Crippen molar-refractivity contribution in [2.45, 2.75) is 38.4 Å². The zero-order valence-electron chi connectivity index (χ0n) is 12.2. The highest BCUT2D eigenvalue weighted by Crippen LogP contribution is 2.32. The Balaban J connectivity index is 2.23. The Hall–Kier alpha value is -1.37. The normalized spacial score (nSPS) is 22.5. The van der Waals surface area contributed by atoms with Crippen molar-refractivity contribution < 1.29 is 17.9 Å². The van der Waals surface area contributed by atoms with E-state index in [0.717, 1.165) is 25.3 Å². The molecule has 0 spiro atoms. The van der Waals surface area contributed by atoms with E-state index in [-0.39, 0.29) is 12.0 Å². The van der Waals surface area contributed by atoms with Gasteiger partial charge in [0.2, 0.25) is 5.95 Å². The summed E-state index contributed by atoms with van der Waals surface area (Å²) in [5.41, 5.74) is -0.902. The highest BCUT2D eigenvalue weighted by molar-refractivity contribution is 5.33. The molecule has 7 heteroatoms. The molecule has 0 amide bonds. The van der Waals surface area contributed by atoms with Gasteiger partial charge in [-0.2, -0.15) is 13.2 Å². The number of rotatable bonds is 5. The van der Waals surface area contributed by atoms with Gasteiger partial charge in [-0.15, -0.1) is 0 Å². The van der Waals surface area contributed by atoms with Gasteiger partial charge in [0.1, 0.15) is 5.69 Å². The van der Waals surface area contributed by atoms with Gasteiger partial charge >= 0.3 is 6.18 Å². The third kappa shape index (κ3) is 4.06. The van der Waals surface area contributed by atoms with Crippen LogP contribution in [0.4, 0.5) is 19.1 Å². The smallest absolute Gasteiger partial charge is 0.383 e. The van der Waals surface area contributed by atoms with Crippen LogP contribution in [0.25, 0.3) is 0 Å². The van der Waals surface area contributed by atoms with Crippen molar-refractivity contribution in [3.8, 4) is 0 Å². The summed E-state index contributed by atoms with van der Waals surface area (Å²) in [5, 5.41) is 0. The summed E-state index contributed by atoms with van der Waals surface area (Å²) >= 11 is 0. The standard InChI is InChI=1S/C14H20F3N3O/c1-10-3-4-11(9-10)20(7-8-21-2)13-18-6-5-12(19-13)14(15,16)17/h5-6,10-11H,3-4,7-9H2,1-2H3. The van der Waals surface area contributed by atoms with E-state index in [1.807, 2.05) is 4.90 Å². The van der Waals surface area contributed by atoms with Crippen LogP contribution in [0.5, 0.6) is 0 Å². The molecule has 4 nitrogen and oxygen atoms in total. The van der Waals surface area contributed by atoms with E-state index in [0.29, 0.717) is 19.1 Å². The fourth-order valence-corrected chi connectivity index (χ4v) is 2.74. The topological polar surface area (TPSA) is 38.2 Å². The Morgan fingerprint density at radius 1 is 1.38 bits per heavy atom. The zero-order chi connectivity index (χ0) is 15.5. The zero-order valence-corrected chi connectivity index (χ0v) is 12.2. The molecule has 0 aliphatic heterocycles. The summed E-state index contributed by atoms with van der Waals surface area (Å²) in [6, 6.07) is 1.08. The van der Waals surface area contributed by atoms with Crippen LogP contribution in [-0.2, 0) is 10.9 Å². The molecule has 1 fully saturated rings. The maximum absolute atomic E-state index is 12.8. The van der Waals surface area contributed by atoms with E-state index in [1.54, 1.807) is 7.11 Å². The second kappa shape index (κ2) is 6.60. The Kier molecular flexibility index (Phi) is 5.03. The molecule has 1 aromatic heterocycles. The molecule has 1 heterocycles. The van der Waals surface area contributed by atoms with Crippen LogP contribution in [0, 0.1) is 5.92 Å². The van der Waals surface area contributed by atoms with Gasteiger partial charge in [-0.25, -0.2) is 9.97 Å². The average molecular weight is 303 g/mol. The van der Waals surface area contributed by atoms with Crippen LogP contribution in [0.1, 0.15) is 31.9 Å². The number of hydrogen-bond donors (Lipinski definition) is 0. The molecule has 1 aliphatic rings. The Labute approximate surface area is 122 Å². The van der Waals surface area contributed by atoms with Gasteiger partial charge in [-0.1, -0.05) is 6.92 Å². The van der Waals surface area contributed by atoms with Crippen molar-refractivity contribution in [1.82, 2.24) is 9.97 Å². The molecule has 2 atom stereocenters. The minimum Gasteiger partial charge on any atom is -0.383 e. The highest BCUT2D eigenvalue weighted by atomic mass is 19.4. The molecule has 21 heavy (non-hydrogen) atoms. The maximum Gasteiger partial charge on any atom is 0.433 e. The van der Waals surface area contributed by atoms with Crippen molar-refractivity contribution in [2.24, 2.45) is 5.92 Å². The monoisotopic (exact) mass is 303 g/mol. The SMILES string of the molecule is COCCN(c1nccc(C(F)(F)F)n1)C1CCC(C)C1. The lowest BCUT2D eigenvalue weighted by atomic mass is 10.1. The first-order valence-electron chi connectivity index (χ1n) is 7.07. The van der Waals surface area contributed by atoms with Gasteiger partial charge in [0.05, 0.1) is 6.61 Å². The quantitative estimate of drug-likeness (QED) is 0.837. The van der Waals surface area contributed by atoms with Gasteiger partial charge < -0.3 is 9.64 Å². The summed E-state index contributed by atoms with van der Waals surface area (Å²) in [6.07, 6.45) is -0.308. The van der Waals surface area contributed by atoms with E-state index >= 15 is 0 Å². The molecule has 0 saturated heterocycles. The number of aromatic nitrogens is 2. The molecule has 0 aromatic carbocycles. The van der Waals surface area contributed by atoms with Crippen LogP contribution < -0.4 is 4.90 Å². The number of ether oxygens (including phenoxy) is 1. The van der Waals surface area contributed by atoms with Crippen molar-refractivity contribution in [3.05, 3.63) is 18.0 Å². The van der Waals surface area contributed by atoms with Gasteiger partial charge in [0.15, 0.2) is 0 Å². The molecule has 1 aliphatic carbocycles. The number of hydrogen-bond acceptors (Lipinski definition) is 4. The van der Waals surface area contributed by atoms with Crippen molar-refractivity contribution in [2.75, 3.05) is 25.2 Å². The first-order valence-corrected chi connectivity index (χ1v) is 7.07. The number of nitrogens with zero attached hydrogens (tertiary/aromatic N) is 3. The minimum atomic E-state index is -4.45. The predicted molar refractivity (Wildman–Crippen MR) is 73.1 cm³/mol. The Morgan fingerprint density at radius 2 is 2.14 bits per heavy atom. The van der Waals surface area contributed by atoms with Crippen molar-refractivity contribution >= 4 is 5.95 Å². The number of alkyl halides is 3. The fraction of sp³-hybridized carbons (Fsp3) is 0.714. The maximum atomic E-state index is 12.8. The molecule has 0 N–H and O–H groups in total. The lowest BCUT2D eigenvalue weighted by Gasteiger charge is -2.29. The van der Waals surface area contributed by atoms with E-state index < -0.39 is 11.9 Å². The summed E-state index contributed by atoms with van der Waals surface area (Å²) in [5.74, 6) is 0.715. The highest BCUT2D eigenvalue weighted by Gasteiger charge is 2.34. The molecule has 2 rings (SSSR count). The summed E-state index contributed by atoms with van der Waals surface area (Å²) < 4.78 is 43.4. The van der Waals surface area contributed by atoms with Gasteiger partial charge in [-0.3, -0.25) is 0 Å². The average Bonchev–Trinajstić information content (AvgIpc) is 2.85. The Morgan fingerprint density at radius 3 is 2.71 bits per heavy atom. The van der Waals surface area contributed by atoms with E-state index in [1.165, 1.54) is 6.20 Å². The summed E-state index contributed by atoms with van der Waals surface area (Å²) in [7, 11) is 1.57. The van der Waals surface area contributed by atoms with Crippen LogP contribution in [0.2, 0.25) is 0 Å². The third-order valence-electron chi connectivity index (χ3n) is 3.83. The molecule has 0 bridgehead atoms. The fourth-order valence-electron chi connectivity index (χ4n) is 2.74. The van der Waals surface area contributed by atoms with Crippen molar-refractivity contribution in [3.63, 3.8) is 0 Å². The van der Waals surface area contributed by atoms with Crippen LogP contribution >= 0.6 is 0 Å². The van der Waals surface area contributed by atoms with E-state index in [4.69, 9.17) is 4.74 Å². The minimum absolute atomic E-state index is 0.140. The third-order valence-corrected chi connectivity index (χ3v) is 3.83. The van der Waals surface area contributed by atoms with Gasteiger partial charge in [-0.05, 0) is 31.2 Å². The van der Waals surface area contributed by atoms with E-state index in [9.17, 15) is 13.2 Å².